The van der Waals surface area contributed by atoms with Crippen molar-refractivity contribution in [2.24, 2.45) is 5.41 Å². The minimum atomic E-state index is 0.0479. The van der Waals surface area contributed by atoms with Crippen LogP contribution in [0.25, 0.3) is 11.2 Å². The zero-order valence-electron chi connectivity index (χ0n) is 16.4. The third kappa shape index (κ3) is 3.52. The van der Waals surface area contributed by atoms with E-state index in [0.29, 0.717) is 22.1 Å². The first-order chi connectivity index (χ1) is 14.6. The Morgan fingerprint density at radius 1 is 1.30 bits per heavy atom. The van der Waals surface area contributed by atoms with Crippen molar-refractivity contribution < 1.29 is 9.21 Å². The van der Waals surface area contributed by atoms with Crippen molar-refractivity contribution in [3.05, 3.63) is 47.1 Å². The van der Waals surface area contributed by atoms with Gasteiger partial charge in [-0.05, 0) is 68.4 Å². The van der Waals surface area contributed by atoms with E-state index in [1.807, 2.05) is 24.0 Å². The third-order valence-corrected chi connectivity index (χ3v) is 8.24. The summed E-state index contributed by atoms with van der Waals surface area (Å²) in [6.45, 7) is 0. The number of nitrogens with zero attached hydrogens (tertiary/aromatic N) is 2. The number of carbonyl (C=O) groups excluding carboxylic acids is 1. The number of carbonyl (C=O) groups is 1. The first kappa shape index (κ1) is 18.8. The highest BCUT2D eigenvalue weighted by molar-refractivity contribution is 8.00. The molecule has 0 saturated heterocycles. The molecule has 156 valence electrons. The van der Waals surface area contributed by atoms with E-state index in [-0.39, 0.29) is 17.3 Å². The van der Waals surface area contributed by atoms with Gasteiger partial charge in [0.25, 0.3) is 5.91 Å². The molecular formula is C22H23ClN4O2S. The van der Waals surface area contributed by atoms with E-state index in [9.17, 15) is 4.79 Å². The Bertz CT molecular complexity index is 1060. The Morgan fingerprint density at radius 3 is 2.93 bits per heavy atom. The van der Waals surface area contributed by atoms with Gasteiger partial charge < -0.3 is 15.1 Å². The summed E-state index contributed by atoms with van der Waals surface area (Å²) in [5.41, 5.74) is 2.38. The number of amides is 1. The smallest absolute Gasteiger partial charge is 0.251 e. The average molecular weight is 443 g/mol. The van der Waals surface area contributed by atoms with Crippen LogP contribution < -0.4 is 10.6 Å². The Hall–Kier alpha value is -1.99. The number of rotatable bonds is 5. The van der Waals surface area contributed by atoms with Crippen LogP contribution in [0, 0.1) is 5.41 Å². The van der Waals surface area contributed by atoms with E-state index < -0.39 is 0 Å². The molecule has 3 saturated carbocycles. The molecule has 6 rings (SSSR count). The highest BCUT2D eigenvalue weighted by atomic mass is 35.5. The number of thioether (sulfide) groups is 1. The number of halogens is 1. The Morgan fingerprint density at radius 2 is 2.13 bits per heavy atom. The molecule has 0 bridgehead atoms. The number of oxazole rings is 1. The Balaban J connectivity index is 1.02. The first-order valence-electron chi connectivity index (χ1n) is 10.6. The zero-order valence-corrected chi connectivity index (χ0v) is 18.0. The van der Waals surface area contributed by atoms with Gasteiger partial charge in [0.15, 0.2) is 0 Å². The lowest BCUT2D eigenvalue weighted by atomic mass is 9.50. The molecule has 1 atom stereocenters. The third-order valence-electron chi connectivity index (χ3n) is 6.61. The minimum Gasteiger partial charge on any atom is -0.422 e. The quantitative estimate of drug-likeness (QED) is 0.719. The monoisotopic (exact) mass is 442 g/mol. The summed E-state index contributed by atoms with van der Waals surface area (Å²) in [6.07, 6.45) is 14.2. The molecule has 2 aromatic heterocycles. The maximum Gasteiger partial charge on any atom is 0.251 e. The summed E-state index contributed by atoms with van der Waals surface area (Å²) < 4.78 is 5.83. The summed E-state index contributed by atoms with van der Waals surface area (Å²) >= 11 is 7.90. The zero-order chi connectivity index (χ0) is 20.3. The van der Waals surface area contributed by atoms with Crippen molar-refractivity contribution in [1.29, 1.82) is 0 Å². The molecule has 2 N–H and O–H groups in total. The number of hydrogen-bond donors (Lipinski definition) is 2. The van der Waals surface area contributed by atoms with Gasteiger partial charge >= 0.3 is 0 Å². The van der Waals surface area contributed by atoms with Gasteiger partial charge in [0.1, 0.15) is 5.52 Å². The highest BCUT2D eigenvalue weighted by Crippen LogP contribution is 2.61. The second-order valence-corrected chi connectivity index (χ2v) is 11.0. The van der Waals surface area contributed by atoms with Crippen molar-refractivity contribution in [1.82, 2.24) is 20.6 Å². The van der Waals surface area contributed by atoms with Crippen LogP contribution in [0.4, 0.5) is 0 Å². The predicted octanol–water partition coefficient (Wildman–Crippen LogP) is 4.28. The highest BCUT2D eigenvalue weighted by Gasteiger charge is 2.54. The fourth-order valence-electron chi connectivity index (χ4n) is 4.98. The molecule has 0 radical (unpaired) electrons. The van der Waals surface area contributed by atoms with Crippen molar-refractivity contribution in [2.45, 2.75) is 61.1 Å². The molecule has 3 heterocycles. The maximum atomic E-state index is 12.7. The molecule has 4 aliphatic rings. The molecule has 1 aliphatic heterocycles. The molecule has 3 aliphatic carbocycles. The summed E-state index contributed by atoms with van der Waals surface area (Å²) in [7, 11) is 0. The van der Waals surface area contributed by atoms with Gasteiger partial charge in [-0.2, -0.15) is 0 Å². The van der Waals surface area contributed by atoms with Crippen molar-refractivity contribution in [3.63, 3.8) is 0 Å². The van der Waals surface area contributed by atoms with Crippen LogP contribution in [0.1, 0.15) is 50.3 Å². The molecule has 1 spiro atoms. The normalized spacial score (nSPS) is 32.3. The topological polar surface area (TPSA) is 80.1 Å². The van der Waals surface area contributed by atoms with E-state index in [4.69, 9.17) is 16.0 Å². The van der Waals surface area contributed by atoms with E-state index in [2.05, 4.69) is 26.7 Å². The number of aromatic nitrogens is 2. The number of fused-ring (bicyclic) bond motifs is 1. The second-order valence-electron chi connectivity index (χ2n) is 9.09. The van der Waals surface area contributed by atoms with Gasteiger partial charge in [-0.25, -0.2) is 9.97 Å². The fraction of sp³-hybridized carbons (Fsp3) is 0.500. The molecule has 1 unspecified atom stereocenters. The van der Waals surface area contributed by atoms with Crippen molar-refractivity contribution in [2.75, 3.05) is 0 Å². The summed E-state index contributed by atoms with van der Waals surface area (Å²) in [5, 5.41) is 8.08. The maximum absolute atomic E-state index is 12.7. The lowest BCUT2D eigenvalue weighted by Crippen LogP contribution is -2.55. The van der Waals surface area contributed by atoms with Crippen LogP contribution in [0.3, 0.4) is 0 Å². The first-order valence-corrected chi connectivity index (χ1v) is 11.9. The van der Waals surface area contributed by atoms with Gasteiger partial charge in [-0.1, -0.05) is 11.6 Å². The molecule has 3 fully saturated rings. The van der Waals surface area contributed by atoms with Crippen LogP contribution in [-0.4, -0.2) is 32.5 Å². The van der Waals surface area contributed by atoms with E-state index >= 15 is 0 Å². The molecule has 0 aromatic carbocycles. The van der Waals surface area contributed by atoms with Gasteiger partial charge in [-0.15, -0.1) is 11.8 Å². The van der Waals surface area contributed by atoms with Crippen LogP contribution in [0.2, 0.25) is 5.02 Å². The number of nitrogens with one attached hydrogen (secondary N) is 2. The predicted molar refractivity (Wildman–Crippen MR) is 117 cm³/mol. The van der Waals surface area contributed by atoms with Crippen LogP contribution >= 0.6 is 23.4 Å². The lowest BCUT2D eigenvalue weighted by Gasteiger charge is -2.57. The molecule has 30 heavy (non-hydrogen) atoms. The minimum absolute atomic E-state index is 0.0479. The van der Waals surface area contributed by atoms with Crippen LogP contribution in [-0.2, 0) is 4.79 Å². The van der Waals surface area contributed by atoms with Gasteiger partial charge in [0.2, 0.25) is 11.6 Å². The SMILES string of the molecule is O=C(NC1CC2(C1)CC(c1nc3cc(Cl)cnc3o1)C2)C1=CC(SC2CC2)NC=C1. The summed E-state index contributed by atoms with van der Waals surface area (Å²) in [6, 6.07) is 2.05. The van der Waals surface area contributed by atoms with E-state index in [1.54, 1.807) is 12.3 Å². The number of pyridine rings is 1. The number of dihydropyridines is 1. The van der Waals surface area contributed by atoms with Crippen LogP contribution in [0.5, 0.6) is 0 Å². The largest absolute Gasteiger partial charge is 0.422 e. The van der Waals surface area contributed by atoms with Crippen molar-refractivity contribution in [3.8, 4) is 0 Å². The molecular weight excluding hydrogens is 420 g/mol. The Kier molecular flexibility index (Phi) is 4.39. The molecule has 6 nitrogen and oxygen atoms in total. The Labute approximate surface area is 183 Å². The molecule has 8 heteroatoms. The average Bonchev–Trinajstić information content (AvgIpc) is 3.38. The van der Waals surface area contributed by atoms with E-state index in [1.165, 1.54) is 12.8 Å². The van der Waals surface area contributed by atoms with Gasteiger partial charge in [0.05, 0.1) is 10.4 Å². The summed E-state index contributed by atoms with van der Waals surface area (Å²) in [5.74, 6) is 1.15. The van der Waals surface area contributed by atoms with Crippen LogP contribution in [0.15, 0.2) is 40.6 Å². The summed E-state index contributed by atoms with van der Waals surface area (Å²) in [4.78, 5) is 21.4. The fourth-order valence-corrected chi connectivity index (χ4v) is 6.34. The van der Waals surface area contributed by atoms with Gasteiger partial charge in [-0.3, -0.25) is 4.79 Å². The van der Waals surface area contributed by atoms with Crippen molar-refractivity contribution >= 4 is 40.5 Å². The van der Waals surface area contributed by atoms with Gasteiger partial charge in [0, 0.05) is 29.0 Å². The molecule has 1 amide bonds. The lowest BCUT2D eigenvalue weighted by molar-refractivity contribution is -0.121. The number of hydrogen-bond acceptors (Lipinski definition) is 6. The standard InChI is InChI=1S/C22H23ClN4O2S/c23-14-6-17-21(25-11-14)29-20(27-17)13-7-22(8-13)9-15(10-22)26-19(28)12-3-4-24-18(5-12)30-16-1-2-16/h3-6,11,13,15-16,18,24H,1-2,7-10H2,(H,26,28). The second kappa shape index (κ2) is 7.02. The van der Waals surface area contributed by atoms with E-state index in [0.717, 1.165) is 47.9 Å². The molecule has 2 aromatic rings.